The van der Waals surface area contributed by atoms with Crippen LogP contribution in [-0.2, 0) is 31.6 Å². The normalized spacial score (nSPS) is 10.3. The quantitative estimate of drug-likeness (QED) is 0.122. The summed E-state index contributed by atoms with van der Waals surface area (Å²) in [6, 6.07) is 22.8. The Morgan fingerprint density at radius 1 is 0.511 bits per heavy atom. The molecule has 17 nitrogen and oxygen atoms in total. The second kappa shape index (κ2) is 18.3. The first-order chi connectivity index (χ1) is 21.8. The van der Waals surface area contributed by atoms with E-state index in [-0.39, 0.29) is 40.5 Å². The number of carboxylic acids is 3. The van der Waals surface area contributed by atoms with Crippen LogP contribution in [0.4, 0.5) is 0 Å². The van der Waals surface area contributed by atoms with Crippen molar-refractivity contribution in [2.75, 3.05) is 0 Å². The molecular formula is C28H26O17S2. The molecular weight excluding hydrogens is 672 g/mol. The number of aromatic hydroxyl groups is 3. The zero-order chi connectivity index (χ0) is 35.8. The van der Waals surface area contributed by atoms with Crippen LogP contribution < -0.4 is 4.18 Å². The molecule has 0 saturated heterocycles. The maximum Gasteiger partial charge on any atom is 0.446 e. The Kier molecular flexibility index (Phi) is 15.3. The highest BCUT2D eigenvalue weighted by molar-refractivity contribution is 7.81. The van der Waals surface area contributed by atoms with Gasteiger partial charge in [-0.15, -0.1) is 0 Å². The average Bonchev–Trinajstić information content (AvgIpc) is 2.97. The van der Waals surface area contributed by atoms with Gasteiger partial charge in [0.25, 0.3) is 0 Å². The fraction of sp³-hybridized carbons (Fsp3) is 0.0357. The molecule has 0 saturated carbocycles. The first kappa shape index (κ1) is 39.3. The van der Waals surface area contributed by atoms with Crippen LogP contribution in [0.5, 0.6) is 23.0 Å². The lowest BCUT2D eigenvalue weighted by Crippen LogP contribution is -2.10. The number of benzene rings is 4. The van der Waals surface area contributed by atoms with E-state index in [1.54, 1.807) is 36.4 Å². The van der Waals surface area contributed by atoms with Crippen molar-refractivity contribution in [3.8, 4) is 23.0 Å². The van der Waals surface area contributed by atoms with Gasteiger partial charge in [-0.25, -0.2) is 18.6 Å². The third kappa shape index (κ3) is 15.7. The van der Waals surface area contributed by atoms with Gasteiger partial charge in [0.15, 0.2) is 5.75 Å². The van der Waals surface area contributed by atoms with Gasteiger partial charge >= 0.3 is 38.7 Å². The number of hydrogen-bond donors (Lipinski definition) is 8. The van der Waals surface area contributed by atoms with Crippen LogP contribution in [0.25, 0.3) is 0 Å². The van der Waals surface area contributed by atoms with E-state index in [9.17, 15) is 31.2 Å². The molecule has 4 aromatic carbocycles. The Balaban J connectivity index is 0.000000317. The number of rotatable bonds is 8. The summed E-state index contributed by atoms with van der Waals surface area (Å²) in [5.74, 6) is -4.47. The molecule has 0 aliphatic rings. The summed E-state index contributed by atoms with van der Waals surface area (Å²) in [5.41, 5.74) is -0.185. The smallest absolute Gasteiger partial charge is 0.446 e. The molecule has 4 aromatic rings. The van der Waals surface area contributed by atoms with Gasteiger partial charge < -0.3 is 34.8 Å². The van der Waals surface area contributed by atoms with Gasteiger partial charge in [-0.05, 0) is 42.5 Å². The zero-order valence-corrected chi connectivity index (χ0v) is 25.1. The highest BCUT2D eigenvalue weighted by Gasteiger charge is 2.15. The molecule has 47 heavy (non-hydrogen) atoms. The van der Waals surface area contributed by atoms with Crippen LogP contribution >= 0.6 is 0 Å². The van der Waals surface area contributed by atoms with Gasteiger partial charge in [0.05, 0.1) is 6.61 Å². The molecule has 0 unspecified atom stereocenters. The molecule has 0 aromatic heterocycles. The SMILES string of the molecule is O=C(O)c1ccccc1O.O=C(O)c1ccccc1O.O=C(O)c1ccccc1OS(=O)(=O)O.O=S(=O)(O)OCc1ccccc1O. The summed E-state index contributed by atoms with van der Waals surface area (Å²) < 4.78 is 65.6. The maximum atomic E-state index is 10.6. The third-order valence-electron chi connectivity index (χ3n) is 4.94. The topological polar surface area (TPSA) is 300 Å². The Labute approximate surface area is 266 Å². The lowest BCUT2D eigenvalue weighted by atomic mass is 10.2. The van der Waals surface area contributed by atoms with E-state index in [1.807, 2.05) is 0 Å². The second-order valence-electron chi connectivity index (χ2n) is 8.28. The summed E-state index contributed by atoms with van der Waals surface area (Å²) in [6.45, 7) is -0.383. The molecule has 0 heterocycles. The molecule has 0 atom stereocenters. The van der Waals surface area contributed by atoms with Crippen molar-refractivity contribution < 1.29 is 79.3 Å². The lowest BCUT2D eigenvalue weighted by molar-refractivity contribution is 0.0682. The molecule has 0 aliphatic heterocycles. The minimum atomic E-state index is -4.70. The Hall–Kier alpha value is -5.73. The summed E-state index contributed by atoms with van der Waals surface area (Å²) >= 11 is 0. The third-order valence-corrected chi connectivity index (χ3v) is 5.74. The van der Waals surface area contributed by atoms with Crippen LogP contribution in [0.1, 0.15) is 36.6 Å². The van der Waals surface area contributed by atoms with E-state index < -0.39 is 44.5 Å². The fourth-order valence-electron chi connectivity index (χ4n) is 2.91. The van der Waals surface area contributed by atoms with Crippen LogP contribution in [0.2, 0.25) is 0 Å². The van der Waals surface area contributed by atoms with Gasteiger partial charge in [-0.3, -0.25) is 9.11 Å². The number of carboxylic acid groups (broad SMARTS) is 3. The van der Waals surface area contributed by atoms with E-state index in [2.05, 4.69) is 8.37 Å². The number of hydrogen-bond acceptors (Lipinski definition) is 12. The van der Waals surface area contributed by atoms with Crippen molar-refractivity contribution in [3.63, 3.8) is 0 Å². The number of phenols is 3. The molecule has 19 heteroatoms. The molecule has 0 aliphatic carbocycles. The molecule has 0 radical (unpaired) electrons. The standard InChI is InChI=1S/C7H6O6S.C7H8O5S.2C7H6O3/c8-7(9)5-3-1-2-4-6(5)13-14(10,11)12;8-7-4-2-1-3-6(7)5-12-13(9,10)11;2*8-6-4-2-1-3-5(6)7(9)10/h1-4H,(H,8,9)(H,10,11,12);1-4,8H,5H2,(H,9,10,11);2*1-4,8H,(H,9,10). The Morgan fingerprint density at radius 2 is 0.872 bits per heavy atom. The molecule has 252 valence electrons. The summed E-state index contributed by atoms with van der Waals surface area (Å²) in [4.78, 5) is 31.1. The van der Waals surface area contributed by atoms with E-state index in [0.29, 0.717) is 5.56 Å². The highest BCUT2D eigenvalue weighted by Crippen LogP contribution is 2.19. The van der Waals surface area contributed by atoms with Crippen LogP contribution in [0.3, 0.4) is 0 Å². The molecule has 0 spiro atoms. The molecule has 0 fully saturated rings. The van der Waals surface area contributed by atoms with Crippen molar-refractivity contribution in [2.45, 2.75) is 6.61 Å². The van der Waals surface area contributed by atoms with Crippen molar-refractivity contribution in [2.24, 2.45) is 0 Å². The first-order valence-electron chi connectivity index (χ1n) is 12.2. The minimum Gasteiger partial charge on any atom is -0.508 e. The average molecular weight is 699 g/mol. The van der Waals surface area contributed by atoms with Crippen LogP contribution in [0, 0.1) is 0 Å². The minimum absolute atomic E-state index is 0.0671. The fourth-order valence-corrected chi connectivity index (χ4v) is 3.56. The monoisotopic (exact) mass is 698 g/mol. The largest absolute Gasteiger partial charge is 0.508 e. The van der Waals surface area contributed by atoms with Crippen molar-refractivity contribution >= 4 is 38.7 Å². The van der Waals surface area contributed by atoms with Gasteiger partial charge in [0.1, 0.15) is 33.9 Å². The molecule has 8 N–H and O–H groups in total. The van der Waals surface area contributed by atoms with Gasteiger partial charge in [-0.2, -0.15) is 16.8 Å². The predicted octanol–water partition coefficient (Wildman–Crippen LogP) is 3.46. The van der Waals surface area contributed by atoms with E-state index >= 15 is 0 Å². The number of carbonyl (C=O) groups is 3. The molecule has 0 bridgehead atoms. The van der Waals surface area contributed by atoms with Crippen LogP contribution in [0.15, 0.2) is 97.1 Å². The number of para-hydroxylation sites is 4. The summed E-state index contributed by atoms with van der Waals surface area (Å²) in [6.07, 6.45) is 0. The van der Waals surface area contributed by atoms with Gasteiger partial charge in [-0.1, -0.05) is 54.6 Å². The first-order valence-corrected chi connectivity index (χ1v) is 15.0. The second-order valence-corrected chi connectivity index (χ2v) is 10.4. The summed E-state index contributed by atoms with van der Waals surface area (Å²) in [5, 5.41) is 52.4. The van der Waals surface area contributed by atoms with Crippen molar-refractivity contribution in [3.05, 3.63) is 119 Å². The van der Waals surface area contributed by atoms with E-state index in [1.165, 1.54) is 48.5 Å². The zero-order valence-electron chi connectivity index (χ0n) is 23.5. The molecule has 4 rings (SSSR count). The van der Waals surface area contributed by atoms with Crippen LogP contribution in [-0.4, -0.2) is 74.5 Å². The van der Waals surface area contributed by atoms with E-state index in [4.69, 9.17) is 39.7 Å². The van der Waals surface area contributed by atoms with Gasteiger partial charge in [0, 0.05) is 5.56 Å². The highest BCUT2D eigenvalue weighted by atomic mass is 32.3. The maximum absolute atomic E-state index is 10.6. The number of phenolic OH excluding ortho intramolecular Hbond substituents is 1. The van der Waals surface area contributed by atoms with Crippen molar-refractivity contribution in [1.82, 2.24) is 0 Å². The number of aromatic carboxylic acids is 3. The van der Waals surface area contributed by atoms with Crippen molar-refractivity contribution in [1.29, 1.82) is 0 Å². The summed E-state index contributed by atoms with van der Waals surface area (Å²) in [7, 11) is -9.15. The van der Waals surface area contributed by atoms with Gasteiger partial charge in [0.2, 0.25) is 0 Å². The molecule has 0 amide bonds. The van der Waals surface area contributed by atoms with E-state index in [0.717, 1.165) is 12.1 Å². The lowest BCUT2D eigenvalue weighted by Gasteiger charge is -2.03. The Bertz CT molecular complexity index is 1830. The predicted molar refractivity (Wildman–Crippen MR) is 160 cm³/mol. The Morgan fingerprint density at radius 3 is 1.21 bits per heavy atom.